The number of hydrogen-bond donors (Lipinski definition) is 0. The zero-order chi connectivity index (χ0) is 15.6. The minimum Gasteiger partial charge on any atom is -0.0928 e. The lowest BCUT2D eigenvalue weighted by Gasteiger charge is -2.38. The minimum absolute atomic E-state index is 1.07. The third-order valence-electron chi connectivity index (χ3n) is 6.66. The van der Waals surface area contributed by atoms with E-state index in [0.29, 0.717) is 0 Å². The molecule has 2 aliphatic rings. The zero-order valence-electron chi connectivity index (χ0n) is 15.0. The number of hydrogen-bond acceptors (Lipinski definition) is 0. The molecule has 0 unspecified atom stereocenters. The van der Waals surface area contributed by atoms with Crippen LogP contribution in [-0.2, 0) is 0 Å². The summed E-state index contributed by atoms with van der Waals surface area (Å²) in [6.07, 6.45) is 22.6. The average Bonchev–Trinajstić information content (AvgIpc) is 2.57. The fourth-order valence-corrected chi connectivity index (χ4v) is 5.50. The summed E-state index contributed by atoms with van der Waals surface area (Å²) in [5.74, 6) is 4.36. The molecule has 1 heteroatoms. The Hall–Kier alpha value is 0.480. The summed E-state index contributed by atoms with van der Waals surface area (Å²) in [7, 11) is 0. The van der Waals surface area contributed by atoms with Crippen molar-refractivity contribution in [1.82, 2.24) is 0 Å². The molecule has 0 aromatic rings. The molecule has 2 rings (SSSR count). The molecular formula is C21H39Br. The molecule has 0 radical (unpaired) electrons. The van der Waals surface area contributed by atoms with Gasteiger partial charge in [0.2, 0.25) is 0 Å². The van der Waals surface area contributed by atoms with Crippen molar-refractivity contribution in [2.24, 2.45) is 23.7 Å². The summed E-state index contributed by atoms with van der Waals surface area (Å²) in [6.45, 7) is 2.33. The molecule has 0 aromatic heterocycles. The lowest BCUT2D eigenvalue weighted by Crippen LogP contribution is -2.25. The Kier molecular flexibility index (Phi) is 9.50. The van der Waals surface area contributed by atoms with Crippen LogP contribution in [0, 0.1) is 23.7 Å². The monoisotopic (exact) mass is 370 g/mol. The van der Waals surface area contributed by atoms with E-state index in [1.165, 1.54) is 50.3 Å². The Morgan fingerprint density at radius 2 is 1.09 bits per heavy atom. The SMILES string of the molecule is CCCCC[C@H]1CC[C@H]([C@H]2CC[C@H](CCCCBr)CC2)CC1. The predicted molar refractivity (Wildman–Crippen MR) is 103 cm³/mol. The van der Waals surface area contributed by atoms with Crippen molar-refractivity contribution >= 4 is 15.9 Å². The van der Waals surface area contributed by atoms with Gasteiger partial charge < -0.3 is 0 Å². The van der Waals surface area contributed by atoms with Crippen LogP contribution in [0.3, 0.4) is 0 Å². The van der Waals surface area contributed by atoms with Crippen LogP contribution in [0.25, 0.3) is 0 Å². The maximum absolute atomic E-state index is 3.56. The van der Waals surface area contributed by atoms with Crippen LogP contribution in [0.1, 0.15) is 103 Å². The molecule has 0 atom stereocenters. The molecule has 22 heavy (non-hydrogen) atoms. The van der Waals surface area contributed by atoms with Crippen LogP contribution in [0.5, 0.6) is 0 Å². The second-order valence-electron chi connectivity index (χ2n) is 8.24. The molecule has 0 aromatic carbocycles. The van der Waals surface area contributed by atoms with Crippen molar-refractivity contribution in [2.75, 3.05) is 5.33 Å². The minimum atomic E-state index is 1.07. The van der Waals surface area contributed by atoms with Crippen LogP contribution in [-0.4, -0.2) is 5.33 Å². The first-order valence-electron chi connectivity index (χ1n) is 10.4. The van der Waals surface area contributed by atoms with E-state index in [2.05, 4.69) is 22.9 Å². The number of halogens is 1. The molecule has 130 valence electrons. The van der Waals surface area contributed by atoms with E-state index in [1.54, 1.807) is 51.4 Å². The third kappa shape index (κ3) is 6.54. The first kappa shape index (κ1) is 18.8. The molecule has 2 aliphatic carbocycles. The van der Waals surface area contributed by atoms with Gasteiger partial charge >= 0.3 is 0 Å². The van der Waals surface area contributed by atoms with Crippen molar-refractivity contribution < 1.29 is 0 Å². The van der Waals surface area contributed by atoms with E-state index < -0.39 is 0 Å². The van der Waals surface area contributed by atoms with Crippen molar-refractivity contribution in [2.45, 2.75) is 103 Å². The van der Waals surface area contributed by atoms with Gasteiger partial charge in [-0.1, -0.05) is 87.1 Å². The molecule has 0 amide bonds. The Labute approximate surface area is 148 Å². The van der Waals surface area contributed by atoms with Crippen molar-refractivity contribution in [3.05, 3.63) is 0 Å². The topological polar surface area (TPSA) is 0 Å². The zero-order valence-corrected chi connectivity index (χ0v) is 16.6. The smallest absolute Gasteiger partial charge is 0.00313 e. The van der Waals surface area contributed by atoms with Crippen molar-refractivity contribution in [3.8, 4) is 0 Å². The highest BCUT2D eigenvalue weighted by molar-refractivity contribution is 9.09. The lowest BCUT2D eigenvalue weighted by molar-refractivity contribution is 0.140. The summed E-state index contributed by atoms with van der Waals surface area (Å²) in [4.78, 5) is 0. The predicted octanol–water partition coefficient (Wildman–Crippen LogP) is 7.74. The largest absolute Gasteiger partial charge is 0.0928 e. The summed E-state index contributed by atoms with van der Waals surface area (Å²) in [5, 5.41) is 1.20. The Balaban J connectivity index is 1.58. The molecular weight excluding hydrogens is 332 g/mol. The van der Waals surface area contributed by atoms with Gasteiger partial charge in [-0.3, -0.25) is 0 Å². The number of unbranched alkanes of at least 4 members (excludes halogenated alkanes) is 3. The summed E-state index contributed by atoms with van der Waals surface area (Å²) >= 11 is 3.56. The van der Waals surface area contributed by atoms with E-state index in [1.807, 2.05) is 0 Å². The highest BCUT2D eigenvalue weighted by Crippen LogP contribution is 2.43. The first-order chi connectivity index (χ1) is 10.8. The maximum Gasteiger partial charge on any atom is 0.00313 e. The van der Waals surface area contributed by atoms with Crippen molar-refractivity contribution in [3.63, 3.8) is 0 Å². The highest BCUT2D eigenvalue weighted by Gasteiger charge is 2.30. The second-order valence-corrected chi connectivity index (χ2v) is 9.04. The summed E-state index contributed by atoms with van der Waals surface area (Å²) in [6, 6.07) is 0. The Morgan fingerprint density at radius 1 is 0.636 bits per heavy atom. The quantitative estimate of drug-likeness (QED) is 0.287. The Bertz CT molecular complexity index is 231. The van der Waals surface area contributed by atoms with Crippen LogP contribution < -0.4 is 0 Å². The normalized spacial score (nSPS) is 33.0. The highest BCUT2D eigenvalue weighted by atomic mass is 79.9. The molecule has 2 fully saturated rings. The molecule has 0 bridgehead atoms. The van der Waals surface area contributed by atoms with Crippen LogP contribution >= 0.6 is 15.9 Å². The fourth-order valence-electron chi connectivity index (χ4n) is 5.11. The van der Waals surface area contributed by atoms with Gasteiger partial charge in [-0.05, 0) is 55.8 Å². The molecule has 0 heterocycles. The fraction of sp³-hybridized carbons (Fsp3) is 1.00. The maximum atomic E-state index is 3.56. The van der Waals surface area contributed by atoms with Gasteiger partial charge in [-0.2, -0.15) is 0 Å². The Morgan fingerprint density at radius 3 is 1.50 bits per heavy atom. The van der Waals surface area contributed by atoms with Gasteiger partial charge in [0, 0.05) is 5.33 Å². The van der Waals surface area contributed by atoms with Crippen LogP contribution in [0.2, 0.25) is 0 Å². The van der Waals surface area contributed by atoms with E-state index >= 15 is 0 Å². The van der Waals surface area contributed by atoms with E-state index in [4.69, 9.17) is 0 Å². The molecule has 2 saturated carbocycles. The van der Waals surface area contributed by atoms with Gasteiger partial charge in [0.15, 0.2) is 0 Å². The van der Waals surface area contributed by atoms with Crippen LogP contribution in [0.15, 0.2) is 0 Å². The third-order valence-corrected chi connectivity index (χ3v) is 7.22. The van der Waals surface area contributed by atoms with Crippen LogP contribution in [0.4, 0.5) is 0 Å². The van der Waals surface area contributed by atoms with Crippen molar-refractivity contribution in [1.29, 1.82) is 0 Å². The second kappa shape index (κ2) is 11.1. The molecule has 0 saturated heterocycles. The standard InChI is InChI=1S/C21H39Br/c1-2-3-4-7-18-9-13-20(14-10-18)21-15-11-19(12-16-21)8-5-6-17-22/h18-21H,2-17H2,1H3/t18-,19-,20-,21-. The lowest BCUT2D eigenvalue weighted by atomic mass is 9.68. The van der Waals surface area contributed by atoms with Gasteiger partial charge in [0.05, 0.1) is 0 Å². The molecule has 0 N–H and O–H groups in total. The average molecular weight is 371 g/mol. The molecule has 0 spiro atoms. The summed E-state index contributed by atoms with van der Waals surface area (Å²) < 4.78 is 0. The number of rotatable bonds is 9. The number of alkyl halides is 1. The van der Waals surface area contributed by atoms with E-state index in [9.17, 15) is 0 Å². The van der Waals surface area contributed by atoms with Gasteiger partial charge in [0.1, 0.15) is 0 Å². The van der Waals surface area contributed by atoms with Gasteiger partial charge in [-0.25, -0.2) is 0 Å². The summed E-state index contributed by atoms with van der Waals surface area (Å²) in [5.41, 5.74) is 0. The van der Waals surface area contributed by atoms with E-state index in [0.717, 1.165) is 23.7 Å². The molecule has 0 nitrogen and oxygen atoms in total. The van der Waals surface area contributed by atoms with E-state index in [-0.39, 0.29) is 0 Å². The molecule has 0 aliphatic heterocycles. The van der Waals surface area contributed by atoms with Gasteiger partial charge in [-0.15, -0.1) is 0 Å². The van der Waals surface area contributed by atoms with Gasteiger partial charge in [0.25, 0.3) is 0 Å². The first-order valence-corrected chi connectivity index (χ1v) is 11.5.